The molecule has 0 spiro atoms. The Morgan fingerprint density at radius 3 is 3.12 bits per heavy atom. The molecular formula is C13H15ClO2. The van der Waals surface area contributed by atoms with Crippen LogP contribution < -0.4 is 4.74 Å². The van der Waals surface area contributed by atoms with Gasteiger partial charge in [0.2, 0.25) is 0 Å². The van der Waals surface area contributed by atoms with Crippen LogP contribution in [0.4, 0.5) is 0 Å². The Morgan fingerprint density at radius 2 is 2.38 bits per heavy atom. The molecular weight excluding hydrogens is 224 g/mol. The molecule has 0 saturated heterocycles. The molecule has 1 aliphatic rings. The van der Waals surface area contributed by atoms with Crippen molar-refractivity contribution in [3.8, 4) is 5.75 Å². The monoisotopic (exact) mass is 238 g/mol. The van der Waals surface area contributed by atoms with Crippen molar-refractivity contribution in [2.24, 2.45) is 0 Å². The summed E-state index contributed by atoms with van der Waals surface area (Å²) in [6.45, 7) is 3.90. The highest BCUT2D eigenvalue weighted by atomic mass is 35.5. The Hall–Kier alpha value is -0.990. The highest BCUT2D eigenvalue weighted by molar-refractivity contribution is 6.29. The lowest BCUT2D eigenvalue weighted by atomic mass is 9.89. The number of aliphatic hydroxyl groups excluding tert-OH is 1. The van der Waals surface area contributed by atoms with Crippen molar-refractivity contribution in [3.63, 3.8) is 0 Å². The van der Waals surface area contributed by atoms with Crippen LogP contribution in [-0.2, 0) is 6.42 Å². The smallest absolute Gasteiger partial charge is 0.123 e. The van der Waals surface area contributed by atoms with Crippen LogP contribution in [0.1, 0.15) is 30.1 Å². The zero-order valence-corrected chi connectivity index (χ0v) is 9.83. The molecule has 1 aromatic rings. The number of aliphatic hydroxyl groups is 1. The second-order valence-corrected chi connectivity index (χ2v) is 4.57. The molecule has 1 unspecified atom stereocenters. The number of hydrogen-bond donors (Lipinski definition) is 1. The highest BCUT2D eigenvalue weighted by Gasteiger charge is 2.20. The molecule has 2 rings (SSSR count). The van der Waals surface area contributed by atoms with Crippen molar-refractivity contribution in [3.05, 3.63) is 40.9 Å². The van der Waals surface area contributed by atoms with Gasteiger partial charge in [-0.25, -0.2) is 0 Å². The molecule has 1 aliphatic carbocycles. The number of ether oxygens (including phenoxy) is 1. The first kappa shape index (κ1) is 11.5. The summed E-state index contributed by atoms with van der Waals surface area (Å²) in [5, 5.41) is 10.3. The SMILES string of the molecule is C=C(Cl)COc1cccc2c1CCCC2O. The van der Waals surface area contributed by atoms with Gasteiger partial charge >= 0.3 is 0 Å². The summed E-state index contributed by atoms with van der Waals surface area (Å²) in [5.41, 5.74) is 2.10. The first-order chi connectivity index (χ1) is 7.68. The molecule has 0 radical (unpaired) electrons. The van der Waals surface area contributed by atoms with Crippen LogP contribution in [0.5, 0.6) is 5.75 Å². The van der Waals surface area contributed by atoms with Gasteiger partial charge in [0.25, 0.3) is 0 Å². The summed E-state index contributed by atoms with van der Waals surface area (Å²) in [5.74, 6) is 0.818. The van der Waals surface area contributed by atoms with Crippen LogP contribution in [0.15, 0.2) is 29.8 Å². The first-order valence-corrected chi connectivity index (χ1v) is 5.82. The van der Waals surface area contributed by atoms with E-state index in [9.17, 15) is 5.11 Å². The molecule has 0 saturated carbocycles. The van der Waals surface area contributed by atoms with Gasteiger partial charge in [0.15, 0.2) is 0 Å². The first-order valence-electron chi connectivity index (χ1n) is 5.44. The Labute approximate surface area is 101 Å². The maximum Gasteiger partial charge on any atom is 0.123 e. The molecule has 0 fully saturated rings. The Kier molecular flexibility index (Phi) is 3.52. The zero-order chi connectivity index (χ0) is 11.5. The lowest BCUT2D eigenvalue weighted by Crippen LogP contribution is -2.11. The minimum absolute atomic E-state index is 0.314. The topological polar surface area (TPSA) is 29.5 Å². The van der Waals surface area contributed by atoms with E-state index >= 15 is 0 Å². The number of benzene rings is 1. The predicted octanol–water partition coefficient (Wildman–Crippen LogP) is 3.19. The fraction of sp³-hybridized carbons (Fsp3) is 0.385. The molecule has 1 N–H and O–H groups in total. The number of halogens is 1. The zero-order valence-electron chi connectivity index (χ0n) is 9.08. The van der Waals surface area contributed by atoms with E-state index in [0.29, 0.717) is 11.6 Å². The van der Waals surface area contributed by atoms with Crippen molar-refractivity contribution in [2.45, 2.75) is 25.4 Å². The number of hydrogen-bond acceptors (Lipinski definition) is 2. The third-order valence-electron chi connectivity index (χ3n) is 2.82. The van der Waals surface area contributed by atoms with E-state index < -0.39 is 0 Å². The summed E-state index contributed by atoms with van der Waals surface area (Å²) in [6.07, 6.45) is 2.43. The normalized spacial score (nSPS) is 19.0. The van der Waals surface area contributed by atoms with Crippen molar-refractivity contribution in [1.82, 2.24) is 0 Å². The Bertz CT molecular complexity index is 401. The molecule has 0 aliphatic heterocycles. The van der Waals surface area contributed by atoms with Gasteiger partial charge in [-0.15, -0.1) is 0 Å². The molecule has 86 valence electrons. The highest BCUT2D eigenvalue weighted by Crippen LogP contribution is 2.35. The number of rotatable bonds is 3. The van der Waals surface area contributed by atoms with E-state index in [1.807, 2.05) is 18.2 Å². The van der Waals surface area contributed by atoms with Gasteiger partial charge in [-0.3, -0.25) is 0 Å². The van der Waals surface area contributed by atoms with E-state index in [2.05, 4.69) is 6.58 Å². The quantitative estimate of drug-likeness (QED) is 0.877. The Morgan fingerprint density at radius 1 is 1.56 bits per heavy atom. The third-order valence-corrected chi connectivity index (χ3v) is 2.93. The molecule has 2 nitrogen and oxygen atoms in total. The third kappa shape index (κ3) is 2.39. The maximum absolute atomic E-state index is 9.86. The molecule has 16 heavy (non-hydrogen) atoms. The van der Waals surface area contributed by atoms with Crippen LogP contribution in [0.2, 0.25) is 0 Å². The summed E-state index contributed by atoms with van der Waals surface area (Å²) < 4.78 is 5.57. The van der Waals surface area contributed by atoms with E-state index in [-0.39, 0.29) is 6.10 Å². The average Bonchev–Trinajstić information content (AvgIpc) is 2.27. The second-order valence-electron chi connectivity index (χ2n) is 4.04. The van der Waals surface area contributed by atoms with Crippen LogP contribution in [0.25, 0.3) is 0 Å². The van der Waals surface area contributed by atoms with Crippen LogP contribution in [0.3, 0.4) is 0 Å². The summed E-state index contributed by atoms with van der Waals surface area (Å²) in [4.78, 5) is 0. The Balaban J connectivity index is 2.25. The van der Waals surface area contributed by atoms with Gasteiger partial charge in [-0.2, -0.15) is 0 Å². The van der Waals surface area contributed by atoms with Gasteiger partial charge in [0.1, 0.15) is 12.4 Å². The van der Waals surface area contributed by atoms with Crippen LogP contribution in [0, 0.1) is 0 Å². The van der Waals surface area contributed by atoms with Crippen molar-refractivity contribution in [1.29, 1.82) is 0 Å². The molecule has 1 aromatic carbocycles. The molecule has 3 heteroatoms. The fourth-order valence-electron chi connectivity index (χ4n) is 2.08. The van der Waals surface area contributed by atoms with Gasteiger partial charge in [-0.1, -0.05) is 30.3 Å². The van der Waals surface area contributed by atoms with Gasteiger partial charge in [0, 0.05) is 5.03 Å². The van der Waals surface area contributed by atoms with Crippen LogP contribution in [-0.4, -0.2) is 11.7 Å². The predicted molar refractivity (Wildman–Crippen MR) is 64.8 cm³/mol. The summed E-state index contributed by atoms with van der Waals surface area (Å²) in [6, 6.07) is 5.78. The molecule has 0 aromatic heterocycles. The molecule has 0 heterocycles. The maximum atomic E-state index is 9.86. The lowest BCUT2D eigenvalue weighted by Gasteiger charge is -2.23. The van der Waals surface area contributed by atoms with Crippen molar-refractivity contribution in [2.75, 3.05) is 6.61 Å². The largest absolute Gasteiger partial charge is 0.488 e. The van der Waals surface area contributed by atoms with Crippen molar-refractivity contribution >= 4 is 11.6 Å². The van der Waals surface area contributed by atoms with E-state index in [1.54, 1.807) is 0 Å². The minimum atomic E-state index is -0.355. The van der Waals surface area contributed by atoms with E-state index in [1.165, 1.54) is 0 Å². The average molecular weight is 239 g/mol. The van der Waals surface area contributed by atoms with E-state index in [4.69, 9.17) is 16.3 Å². The van der Waals surface area contributed by atoms with Gasteiger partial charge in [-0.05, 0) is 36.5 Å². The lowest BCUT2D eigenvalue weighted by molar-refractivity contribution is 0.155. The summed E-state index contributed by atoms with van der Waals surface area (Å²) >= 11 is 5.67. The van der Waals surface area contributed by atoms with Crippen LogP contribution >= 0.6 is 11.6 Å². The molecule has 0 bridgehead atoms. The fourth-order valence-corrected chi connectivity index (χ4v) is 2.14. The number of fused-ring (bicyclic) bond motifs is 1. The molecule has 0 amide bonds. The summed E-state index contributed by atoms with van der Waals surface area (Å²) in [7, 11) is 0. The van der Waals surface area contributed by atoms with Gasteiger partial charge < -0.3 is 9.84 Å². The molecule has 1 atom stereocenters. The minimum Gasteiger partial charge on any atom is -0.488 e. The van der Waals surface area contributed by atoms with Gasteiger partial charge in [0.05, 0.1) is 6.10 Å². The second kappa shape index (κ2) is 4.89. The van der Waals surface area contributed by atoms with E-state index in [0.717, 1.165) is 36.1 Å². The van der Waals surface area contributed by atoms with Crippen molar-refractivity contribution < 1.29 is 9.84 Å². The standard InChI is InChI=1S/C13H15ClO2/c1-9(14)8-16-13-7-3-4-10-11(13)5-2-6-12(10)15/h3-4,7,12,15H,1-2,5-6,8H2.